The molecule has 0 radical (unpaired) electrons. The molecule has 110 valence electrons. The summed E-state index contributed by atoms with van der Waals surface area (Å²) in [5.74, 6) is 0. The molecule has 0 saturated heterocycles. The minimum Gasteiger partial charge on any atom is -0.430 e. The number of benzene rings is 1. The summed E-state index contributed by atoms with van der Waals surface area (Å²) in [4.78, 5) is 0. The third-order valence-corrected chi connectivity index (χ3v) is 13.9. The van der Waals surface area contributed by atoms with E-state index in [1.165, 1.54) is 5.19 Å². The van der Waals surface area contributed by atoms with Crippen LogP contribution in [-0.2, 0) is 8.23 Å². The van der Waals surface area contributed by atoms with Crippen LogP contribution in [0.4, 0.5) is 0 Å². The summed E-state index contributed by atoms with van der Waals surface area (Å²) in [6, 6.07) is 10.3. The van der Waals surface area contributed by atoms with Crippen LogP contribution in [0.2, 0.25) is 32.7 Å². The first kappa shape index (κ1) is 17.3. The molecule has 0 N–H and O–H groups in total. The van der Waals surface area contributed by atoms with Crippen LogP contribution in [0.15, 0.2) is 54.9 Å². The second-order valence-corrected chi connectivity index (χ2v) is 17.5. The molecule has 0 aliphatic rings. The molecule has 2 nitrogen and oxygen atoms in total. The van der Waals surface area contributed by atoms with Crippen LogP contribution >= 0.6 is 0 Å². The zero-order valence-electron chi connectivity index (χ0n) is 13.3. The number of hydrogen-bond acceptors (Lipinski definition) is 2. The van der Waals surface area contributed by atoms with Crippen molar-refractivity contribution in [1.82, 2.24) is 0 Å². The summed E-state index contributed by atoms with van der Waals surface area (Å²) < 4.78 is 13.0. The molecular formula is C15H26O2Si3. The Labute approximate surface area is 126 Å². The maximum atomic E-state index is 6.52. The first-order valence-corrected chi connectivity index (χ1v) is 15.2. The second kappa shape index (κ2) is 6.36. The molecule has 0 heterocycles. The van der Waals surface area contributed by atoms with E-state index in [4.69, 9.17) is 8.23 Å². The highest BCUT2D eigenvalue weighted by atomic mass is 28.5. The smallest absolute Gasteiger partial charge is 0.349 e. The molecule has 0 amide bonds. The monoisotopic (exact) mass is 322 g/mol. The predicted octanol–water partition coefficient (Wildman–Crippen LogP) is 3.86. The van der Waals surface area contributed by atoms with Crippen LogP contribution in [0.5, 0.6) is 0 Å². The molecule has 0 atom stereocenters. The molecule has 0 saturated carbocycles. The van der Waals surface area contributed by atoms with E-state index in [2.05, 4.69) is 58.0 Å². The predicted molar refractivity (Wildman–Crippen MR) is 95.2 cm³/mol. The lowest BCUT2D eigenvalue weighted by atomic mass is 10.4. The van der Waals surface area contributed by atoms with Crippen LogP contribution in [0.1, 0.15) is 0 Å². The van der Waals surface area contributed by atoms with Gasteiger partial charge < -0.3 is 8.23 Å². The molecule has 1 rings (SSSR count). The van der Waals surface area contributed by atoms with Gasteiger partial charge in [-0.05, 0) is 37.9 Å². The topological polar surface area (TPSA) is 18.5 Å². The van der Waals surface area contributed by atoms with Crippen LogP contribution < -0.4 is 5.19 Å². The van der Waals surface area contributed by atoms with Gasteiger partial charge in [-0.3, -0.25) is 0 Å². The van der Waals surface area contributed by atoms with Crippen molar-refractivity contribution in [2.75, 3.05) is 0 Å². The summed E-state index contributed by atoms with van der Waals surface area (Å²) in [7, 11) is -6.30. The van der Waals surface area contributed by atoms with Gasteiger partial charge in [0.2, 0.25) is 0 Å². The van der Waals surface area contributed by atoms with Crippen molar-refractivity contribution in [3.05, 3.63) is 54.9 Å². The Morgan fingerprint density at radius 2 is 1.20 bits per heavy atom. The Morgan fingerprint density at radius 3 is 1.55 bits per heavy atom. The summed E-state index contributed by atoms with van der Waals surface area (Å²) in [6.45, 7) is 18.6. The number of rotatable bonds is 7. The average molecular weight is 323 g/mol. The highest BCUT2D eigenvalue weighted by molar-refractivity contribution is 6.96. The molecule has 0 fully saturated rings. The van der Waals surface area contributed by atoms with Gasteiger partial charge in [-0.2, -0.15) is 0 Å². The van der Waals surface area contributed by atoms with Crippen LogP contribution in [0, 0.1) is 0 Å². The SMILES string of the molecule is C=C[Si](C)(C)O[Si](C)(O[Si](C)(C)C=C)c1ccccc1. The Morgan fingerprint density at radius 1 is 0.800 bits per heavy atom. The zero-order chi connectivity index (χ0) is 15.4. The van der Waals surface area contributed by atoms with Crippen molar-refractivity contribution in [2.24, 2.45) is 0 Å². The molecule has 0 unspecified atom stereocenters. The van der Waals surface area contributed by atoms with Crippen molar-refractivity contribution in [1.29, 1.82) is 0 Å². The molecule has 1 aromatic rings. The van der Waals surface area contributed by atoms with E-state index in [0.717, 1.165) is 0 Å². The van der Waals surface area contributed by atoms with Crippen molar-refractivity contribution in [3.8, 4) is 0 Å². The summed E-state index contributed by atoms with van der Waals surface area (Å²) in [5.41, 5.74) is 3.93. The van der Waals surface area contributed by atoms with E-state index in [9.17, 15) is 0 Å². The molecule has 5 heteroatoms. The van der Waals surface area contributed by atoms with Crippen molar-refractivity contribution in [3.63, 3.8) is 0 Å². The third kappa shape index (κ3) is 4.68. The molecule has 0 spiro atoms. The summed E-state index contributed by atoms with van der Waals surface area (Å²) in [5, 5.41) is 1.17. The fourth-order valence-electron chi connectivity index (χ4n) is 1.97. The Kier molecular flexibility index (Phi) is 5.51. The second-order valence-electron chi connectivity index (χ2n) is 6.13. The van der Waals surface area contributed by atoms with E-state index in [1.807, 2.05) is 29.6 Å². The van der Waals surface area contributed by atoms with E-state index in [0.29, 0.717) is 0 Å². The van der Waals surface area contributed by atoms with Gasteiger partial charge in [0, 0.05) is 0 Å². The molecule has 20 heavy (non-hydrogen) atoms. The van der Waals surface area contributed by atoms with Gasteiger partial charge in [0.15, 0.2) is 16.6 Å². The summed E-state index contributed by atoms with van der Waals surface area (Å²) >= 11 is 0. The van der Waals surface area contributed by atoms with Gasteiger partial charge in [-0.15, -0.1) is 13.2 Å². The molecule has 0 aliphatic heterocycles. The van der Waals surface area contributed by atoms with Gasteiger partial charge in [0.1, 0.15) is 0 Å². The first-order valence-electron chi connectivity index (χ1n) is 6.87. The van der Waals surface area contributed by atoms with Gasteiger partial charge in [-0.25, -0.2) is 0 Å². The lowest BCUT2D eigenvalue weighted by molar-refractivity contribution is 0.409. The quantitative estimate of drug-likeness (QED) is 0.710. The standard InChI is InChI=1S/C15H26O2Si3/c1-8-18(3,4)16-20(7,17-19(5,6)9-2)15-13-11-10-12-14-15/h8-14H,1-2H2,3-7H3. The average Bonchev–Trinajstić information content (AvgIpc) is 2.38. The normalized spacial score (nSPS) is 13.1. The van der Waals surface area contributed by atoms with Gasteiger partial charge in [-0.1, -0.05) is 41.7 Å². The van der Waals surface area contributed by atoms with Crippen LogP contribution in [0.25, 0.3) is 0 Å². The van der Waals surface area contributed by atoms with E-state index in [1.54, 1.807) is 0 Å². The summed E-state index contributed by atoms with van der Waals surface area (Å²) in [6.07, 6.45) is 0. The molecule has 0 bridgehead atoms. The zero-order valence-corrected chi connectivity index (χ0v) is 16.3. The van der Waals surface area contributed by atoms with Crippen LogP contribution in [0.3, 0.4) is 0 Å². The Hall–Kier alpha value is -0.729. The maximum Gasteiger partial charge on any atom is 0.349 e. The highest BCUT2D eigenvalue weighted by Gasteiger charge is 2.43. The van der Waals surface area contributed by atoms with Crippen molar-refractivity contribution in [2.45, 2.75) is 32.7 Å². The molecular weight excluding hydrogens is 296 g/mol. The first-order chi connectivity index (χ1) is 9.14. The van der Waals surface area contributed by atoms with E-state index >= 15 is 0 Å². The lowest BCUT2D eigenvalue weighted by Crippen LogP contribution is -2.60. The largest absolute Gasteiger partial charge is 0.430 e. The van der Waals surface area contributed by atoms with E-state index in [-0.39, 0.29) is 0 Å². The Bertz CT molecular complexity index is 447. The van der Waals surface area contributed by atoms with Gasteiger partial charge >= 0.3 is 8.56 Å². The lowest BCUT2D eigenvalue weighted by Gasteiger charge is -2.38. The van der Waals surface area contributed by atoms with Crippen molar-refractivity contribution < 1.29 is 8.23 Å². The minimum absolute atomic E-state index is 1.17. The van der Waals surface area contributed by atoms with Crippen molar-refractivity contribution >= 4 is 30.4 Å². The van der Waals surface area contributed by atoms with Gasteiger partial charge in [0.05, 0.1) is 0 Å². The fraction of sp³-hybridized carbons (Fsp3) is 0.333. The van der Waals surface area contributed by atoms with E-state index < -0.39 is 25.2 Å². The molecule has 0 aromatic heterocycles. The molecule has 1 aromatic carbocycles. The minimum atomic E-state index is -2.46. The van der Waals surface area contributed by atoms with Gasteiger partial charge in [0.25, 0.3) is 0 Å². The highest BCUT2D eigenvalue weighted by Crippen LogP contribution is 2.21. The third-order valence-electron chi connectivity index (χ3n) is 3.20. The maximum absolute atomic E-state index is 6.52. The fourth-order valence-corrected chi connectivity index (χ4v) is 12.9. The molecule has 0 aliphatic carbocycles. The number of hydrogen-bond donors (Lipinski definition) is 0. The van der Waals surface area contributed by atoms with Crippen LogP contribution in [-0.4, -0.2) is 25.2 Å². The Balaban J connectivity index is 3.19.